The number of rotatable bonds is 5. The maximum absolute atomic E-state index is 13.6. The molecular formula is C20H15F6N3O3. The van der Waals surface area contributed by atoms with Gasteiger partial charge in [-0.05, 0) is 42.3 Å². The van der Waals surface area contributed by atoms with Crippen LogP contribution >= 0.6 is 0 Å². The summed E-state index contributed by atoms with van der Waals surface area (Å²) in [5.41, 5.74) is -2.76. The van der Waals surface area contributed by atoms with Crippen molar-refractivity contribution in [1.29, 1.82) is 5.26 Å². The minimum Gasteiger partial charge on any atom is -0.492 e. The van der Waals surface area contributed by atoms with Gasteiger partial charge in [0.15, 0.2) is 0 Å². The average Bonchev–Trinajstić information content (AvgIpc) is 3.16. The van der Waals surface area contributed by atoms with Crippen LogP contribution in [0.2, 0.25) is 0 Å². The molecule has 1 fully saturated rings. The van der Waals surface area contributed by atoms with Crippen LogP contribution in [0.5, 0.6) is 5.75 Å². The van der Waals surface area contributed by atoms with Gasteiger partial charge in [-0.3, -0.25) is 15.4 Å². The van der Waals surface area contributed by atoms with Crippen molar-refractivity contribution in [2.45, 2.75) is 36.8 Å². The lowest BCUT2D eigenvalue weighted by molar-refractivity contribution is -0.388. The molecule has 12 heteroatoms. The lowest BCUT2D eigenvalue weighted by Gasteiger charge is -2.23. The van der Waals surface area contributed by atoms with Gasteiger partial charge < -0.3 is 4.74 Å². The van der Waals surface area contributed by atoms with E-state index in [1.807, 2.05) is 6.07 Å². The normalized spacial score (nSPS) is 21.2. The van der Waals surface area contributed by atoms with Gasteiger partial charge >= 0.3 is 12.4 Å². The van der Waals surface area contributed by atoms with E-state index in [0.29, 0.717) is 23.4 Å². The van der Waals surface area contributed by atoms with E-state index in [1.54, 1.807) is 0 Å². The number of halogens is 6. The smallest absolute Gasteiger partial charge is 0.423 e. The van der Waals surface area contributed by atoms with Crippen LogP contribution in [0.1, 0.15) is 29.0 Å². The van der Waals surface area contributed by atoms with Gasteiger partial charge in [0, 0.05) is 18.0 Å². The SMILES string of the molecule is N#Cc1ccc(OC[C@@H]2CC(c3ccc([N+](=O)[O-])c(C(F)(F)F)c3)[C@@H](C(F)(F)F)N2)cc1. The van der Waals surface area contributed by atoms with E-state index in [4.69, 9.17) is 10.00 Å². The third kappa shape index (κ3) is 5.11. The third-order valence-electron chi connectivity index (χ3n) is 5.09. The Morgan fingerprint density at radius 2 is 1.78 bits per heavy atom. The first-order valence-corrected chi connectivity index (χ1v) is 9.21. The van der Waals surface area contributed by atoms with Crippen LogP contribution in [0, 0.1) is 21.4 Å². The highest BCUT2D eigenvalue weighted by Gasteiger charge is 2.51. The van der Waals surface area contributed by atoms with Gasteiger partial charge in [0.1, 0.15) is 24.0 Å². The summed E-state index contributed by atoms with van der Waals surface area (Å²) < 4.78 is 86.0. The fourth-order valence-electron chi connectivity index (χ4n) is 3.64. The zero-order chi connectivity index (χ0) is 23.7. The summed E-state index contributed by atoms with van der Waals surface area (Å²) in [5, 5.41) is 22.0. The molecule has 0 spiro atoms. The first kappa shape index (κ1) is 23.3. The lowest BCUT2D eigenvalue weighted by Crippen LogP contribution is -2.44. The van der Waals surface area contributed by atoms with E-state index in [2.05, 4.69) is 5.32 Å². The number of nitro benzene ring substituents is 1. The number of nitro groups is 1. The molecule has 0 radical (unpaired) electrons. The summed E-state index contributed by atoms with van der Waals surface area (Å²) in [5.74, 6) is -1.08. The van der Waals surface area contributed by atoms with Gasteiger partial charge in [0.2, 0.25) is 0 Å². The summed E-state index contributed by atoms with van der Waals surface area (Å²) in [6, 6.07) is 6.69. The summed E-state index contributed by atoms with van der Waals surface area (Å²) in [6.07, 6.45) is -10.1. The Hall–Kier alpha value is -3.33. The lowest BCUT2D eigenvalue weighted by atomic mass is 9.89. The van der Waals surface area contributed by atoms with E-state index in [1.165, 1.54) is 24.3 Å². The molecule has 1 aliphatic rings. The number of ether oxygens (including phenoxy) is 1. The zero-order valence-electron chi connectivity index (χ0n) is 16.1. The maximum atomic E-state index is 13.6. The predicted molar refractivity (Wildman–Crippen MR) is 98.9 cm³/mol. The Balaban J connectivity index is 1.84. The molecule has 2 aromatic rings. The first-order valence-electron chi connectivity index (χ1n) is 9.21. The average molecular weight is 459 g/mol. The minimum atomic E-state index is -5.10. The Kier molecular flexibility index (Phi) is 6.32. The van der Waals surface area contributed by atoms with Crippen molar-refractivity contribution in [2.24, 2.45) is 0 Å². The zero-order valence-corrected chi connectivity index (χ0v) is 16.1. The molecular weight excluding hydrogens is 444 g/mol. The highest BCUT2D eigenvalue weighted by atomic mass is 19.4. The van der Waals surface area contributed by atoms with Gasteiger partial charge in [-0.2, -0.15) is 31.6 Å². The van der Waals surface area contributed by atoms with Crippen molar-refractivity contribution in [3.05, 3.63) is 69.3 Å². The molecule has 1 unspecified atom stereocenters. The number of alkyl halides is 6. The van der Waals surface area contributed by atoms with E-state index in [0.717, 1.165) is 6.07 Å². The molecule has 3 rings (SSSR count). The number of nitrogens with zero attached hydrogens (tertiary/aromatic N) is 2. The summed E-state index contributed by atoms with van der Waals surface area (Å²) in [6.45, 7) is -0.200. The highest BCUT2D eigenvalue weighted by Crippen LogP contribution is 2.43. The van der Waals surface area contributed by atoms with Gasteiger partial charge in [-0.25, -0.2) is 0 Å². The largest absolute Gasteiger partial charge is 0.492 e. The topological polar surface area (TPSA) is 88.2 Å². The first-order chi connectivity index (χ1) is 14.9. The number of hydrogen-bond donors (Lipinski definition) is 1. The molecule has 3 atom stereocenters. The molecule has 1 N–H and O–H groups in total. The Labute approximate surface area is 177 Å². The second-order valence-electron chi connectivity index (χ2n) is 7.20. The molecule has 0 bridgehead atoms. The van der Waals surface area contributed by atoms with Crippen LogP contribution in [-0.2, 0) is 6.18 Å². The van der Waals surface area contributed by atoms with Crippen molar-refractivity contribution in [2.75, 3.05) is 6.61 Å². The molecule has 32 heavy (non-hydrogen) atoms. The summed E-state index contributed by atoms with van der Waals surface area (Å²) >= 11 is 0. The third-order valence-corrected chi connectivity index (χ3v) is 5.09. The van der Waals surface area contributed by atoms with Crippen LogP contribution in [-0.4, -0.2) is 29.8 Å². The van der Waals surface area contributed by atoms with Gasteiger partial charge in [-0.1, -0.05) is 6.07 Å². The number of benzene rings is 2. The van der Waals surface area contributed by atoms with E-state index >= 15 is 0 Å². The van der Waals surface area contributed by atoms with Gasteiger partial charge in [0.05, 0.1) is 16.6 Å². The molecule has 2 aromatic carbocycles. The standard InChI is InChI=1S/C20H15F6N3O3/c21-19(22,23)16-7-12(3-6-17(16)29(30)31)15-8-13(28-18(15)20(24,25)26)10-32-14-4-1-11(9-27)2-5-14/h1-7,13,15,18,28H,8,10H2/t13-,15?,18-/m0/s1. The van der Waals surface area contributed by atoms with Crippen LogP contribution in [0.3, 0.4) is 0 Å². The molecule has 0 saturated carbocycles. The number of nitrogens with one attached hydrogen (secondary N) is 1. The summed E-state index contributed by atoms with van der Waals surface area (Å²) in [7, 11) is 0. The van der Waals surface area contributed by atoms with Crippen molar-refractivity contribution >= 4 is 5.69 Å². The quantitative estimate of drug-likeness (QED) is 0.389. The van der Waals surface area contributed by atoms with Gasteiger partial charge in [0.25, 0.3) is 5.69 Å². The Bertz CT molecular complexity index is 1030. The maximum Gasteiger partial charge on any atom is 0.423 e. The van der Waals surface area contributed by atoms with E-state index < -0.39 is 46.5 Å². The molecule has 1 heterocycles. The van der Waals surface area contributed by atoms with E-state index in [9.17, 15) is 36.5 Å². The van der Waals surface area contributed by atoms with Crippen molar-refractivity contribution < 1.29 is 36.0 Å². The van der Waals surface area contributed by atoms with Crippen LogP contribution in [0.15, 0.2) is 42.5 Å². The second kappa shape index (κ2) is 8.66. The molecule has 1 saturated heterocycles. The monoisotopic (exact) mass is 459 g/mol. The fourth-order valence-corrected chi connectivity index (χ4v) is 3.64. The van der Waals surface area contributed by atoms with Crippen LogP contribution < -0.4 is 10.1 Å². The summed E-state index contributed by atoms with van der Waals surface area (Å²) in [4.78, 5) is 9.69. The van der Waals surface area contributed by atoms with Gasteiger partial charge in [-0.15, -0.1) is 0 Å². The molecule has 170 valence electrons. The second-order valence-corrected chi connectivity index (χ2v) is 7.20. The molecule has 0 aliphatic carbocycles. The minimum absolute atomic E-state index is 0.199. The van der Waals surface area contributed by atoms with Crippen molar-refractivity contribution in [3.8, 4) is 11.8 Å². The van der Waals surface area contributed by atoms with Crippen molar-refractivity contribution in [3.63, 3.8) is 0 Å². The van der Waals surface area contributed by atoms with E-state index in [-0.39, 0.29) is 18.6 Å². The number of nitriles is 1. The fraction of sp³-hybridized carbons (Fsp3) is 0.350. The molecule has 0 amide bonds. The molecule has 0 aromatic heterocycles. The van der Waals surface area contributed by atoms with Crippen molar-refractivity contribution in [1.82, 2.24) is 5.32 Å². The van der Waals surface area contributed by atoms with Crippen LogP contribution in [0.4, 0.5) is 32.0 Å². The Morgan fingerprint density at radius 3 is 2.31 bits per heavy atom. The molecule has 6 nitrogen and oxygen atoms in total. The van der Waals surface area contributed by atoms with Crippen LogP contribution in [0.25, 0.3) is 0 Å². The predicted octanol–water partition coefficient (Wildman–Crippen LogP) is 4.94. The number of hydrogen-bond acceptors (Lipinski definition) is 5. The molecule has 1 aliphatic heterocycles. The highest BCUT2D eigenvalue weighted by molar-refractivity contribution is 5.46. The Morgan fingerprint density at radius 1 is 1.12 bits per heavy atom.